The lowest BCUT2D eigenvalue weighted by Crippen LogP contribution is -2.58. The van der Waals surface area contributed by atoms with Gasteiger partial charge in [0, 0.05) is 49.7 Å². The number of aromatic nitrogens is 3. The Labute approximate surface area is 181 Å². The van der Waals surface area contributed by atoms with Gasteiger partial charge in [0.15, 0.2) is 5.82 Å². The molecular formula is C23H27FN6O. The van der Waals surface area contributed by atoms with E-state index in [4.69, 9.17) is 9.72 Å². The number of hydrogen-bond acceptors (Lipinski definition) is 7. The molecule has 0 spiro atoms. The molecule has 7 nitrogen and oxygen atoms in total. The summed E-state index contributed by atoms with van der Waals surface area (Å²) < 4.78 is 19.1. The first-order valence-corrected chi connectivity index (χ1v) is 10.8. The van der Waals surface area contributed by atoms with Crippen LogP contribution in [0.4, 0.5) is 16.0 Å². The Balaban J connectivity index is 1.42. The Bertz CT molecular complexity index is 1110. The number of hydrogen-bond donors (Lipinski definition) is 1. The van der Waals surface area contributed by atoms with Crippen molar-refractivity contribution in [2.45, 2.75) is 26.4 Å². The zero-order valence-electron chi connectivity index (χ0n) is 17.9. The third-order valence-corrected chi connectivity index (χ3v) is 6.35. The van der Waals surface area contributed by atoms with E-state index in [0.717, 1.165) is 72.8 Å². The molecule has 8 heteroatoms. The summed E-state index contributed by atoms with van der Waals surface area (Å²) in [5.41, 5.74) is 2.79. The molecule has 5 rings (SSSR count). The van der Waals surface area contributed by atoms with E-state index < -0.39 is 0 Å². The maximum atomic E-state index is 13.4. The zero-order chi connectivity index (χ0) is 21.4. The summed E-state index contributed by atoms with van der Waals surface area (Å²) in [6.07, 6.45) is 1.90. The number of nitrogens with one attached hydrogen (secondary N) is 1. The minimum absolute atomic E-state index is 0.221. The van der Waals surface area contributed by atoms with Crippen LogP contribution in [-0.4, -0.2) is 65.5 Å². The number of rotatable bonds is 4. The highest BCUT2D eigenvalue weighted by Crippen LogP contribution is 2.28. The second-order valence-corrected chi connectivity index (χ2v) is 8.36. The molecule has 0 radical (unpaired) electrons. The first-order valence-electron chi connectivity index (χ1n) is 10.8. The van der Waals surface area contributed by atoms with Crippen LogP contribution in [0.1, 0.15) is 16.8 Å². The Hall–Kier alpha value is -2.84. The molecule has 2 aliphatic heterocycles. The van der Waals surface area contributed by atoms with E-state index in [-0.39, 0.29) is 5.82 Å². The van der Waals surface area contributed by atoms with Gasteiger partial charge in [0.2, 0.25) is 0 Å². The van der Waals surface area contributed by atoms with Gasteiger partial charge in [-0.2, -0.15) is 5.10 Å². The van der Waals surface area contributed by atoms with Gasteiger partial charge >= 0.3 is 0 Å². The summed E-state index contributed by atoms with van der Waals surface area (Å²) in [6, 6.07) is 7.36. The molecule has 2 saturated heterocycles. The number of ether oxygens (including phenoxy) is 1. The van der Waals surface area contributed by atoms with Gasteiger partial charge in [-0.25, -0.2) is 9.37 Å². The molecular weight excluding hydrogens is 395 g/mol. The molecule has 0 bridgehead atoms. The fraction of sp³-hybridized carbons (Fsp3) is 0.435. The number of morpholine rings is 1. The monoisotopic (exact) mass is 422 g/mol. The van der Waals surface area contributed by atoms with E-state index in [9.17, 15) is 4.39 Å². The first-order chi connectivity index (χ1) is 15.1. The maximum Gasteiger partial charge on any atom is 0.157 e. The highest BCUT2D eigenvalue weighted by atomic mass is 19.1. The van der Waals surface area contributed by atoms with Crippen molar-refractivity contribution < 1.29 is 9.13 Å². The van der Waals surface area contributed by atoms with E-state index in [2.05, 4.69) is 31.4 Å². The van der Waals surface area contributed by atoms with Crippen molar-refractivity contribution in [3.05, 3.63) is 53.1 Å². The quantitative estimate of drug-likeness (QED) is 0.693. The Morgan fingerprint density at radius 2 is 2.03 bits per heavy atom. The maximum absolute atomic E-state index is 13.4. The van der Waals surface area contributed by atoms with Gasteiger partial charge in [-0.05, 0) is 43.2 Å². The van der Waals surface area contributed by atoms with E-state index in [0.29, 0.717) is 18.4 Å². The van der Waals surface area contributed by atoms with Crippen molar-refractivity contribution in [1.82, 2.24) is 20.1 Å². The Morgan fingerprint density at radius 3 is 2.90 bits per heavy atom. The van der Waals surface area contributed by atoms with Gasteiger partial charge in [0.05, 0.1) is 24.9 Å². The minimum Gasteiger partial charge on any atom is -0.378 e. The summed E-state index contributed by atoms with van der Waals surface area (Å²) in [7, 11) is 0. The standard InChI is InChI=1S/C23H27FN6O/c1-15-9-18(24)4-3-17(15)11-26-23-20-10-22(25-12-21(20)16(2)27-28-23)30-6-5-29-7-8-31-14-19(29)13-30/h3-4,9-10,12,19H,5-8,11,13-14H2,1-2H3,(H,26,28). The summed E-state index contributed by atoms with van der Waals surface area (Å²) in [5, 5.41) is 14.1. The minimum atomic E-state index is -0.221. The second-order valence-electron chi connectivity index (χ2n) is 8.36. The average molecular weight is 423 g/mol. The number of pyridine rings is 1. The van der Waals surface area contributed by atoms with Crippen LogP contribution in [0, 0.1) is 19.7 Å². The van der Waals surface area contributed by atoms with Crippen LogP contribution in [0.2, 0.25) is 0 Å². The molecule has 0 saturated carbocycles. The van der Waals surface area contributed by atoms with Crippen molar-refractivity contribution in [2.75, 3.05) is 49.6 Å². The molecule has 2 aromatic heterocycles. The van der Waals surface area contributed by atoms with Crippen LogP contribution in [0.5, 0.6) is 0 Å². The summed E-state index contributed by atoms with van der Waals surface area (Å²) >= 11 is 0. The number of piperazine rings is 1. The predicted molar refractivity (Wildman–Crippen MR) is 119 cm³/mol. The van der Waals surface area contributed by atoms with Crippen molar-refractivity contribution in [3.8, 4) is 0 Å². The van der Waals surface area contributed by atoms with Crippen LogP contribution in [0.15, 0.2) is 30.5 Å². The second kappa shape index (κ2) is 8.36. The molecule has 1 aromatic carbocycles. The normalized spacial score (nSPS) is 19.5. The van der Waals surface area contributed by atoms with Gasteiger partial charge in [0.25, 0.3) is 0 Å². The molecule has 3 aromatic rings. The van der Waals surface area contributed by atoms with Gasteiger partial charge in [-0.15, -0.1) is 5.10 Å². The fourth-order valence-corrected chi connectivity index (χ4v) is 4.46. The lowest BCUT2D eigenvalue weighted by atomic mass is 10.1. The van der Waals surface area contributed by atoms with Crippen LogP contribution in [-0.2, 0) is 11.3 Å². The first kappa shape index (κ1) is 20.1. The van der Waals surface area contributed by atoms with E-state index in [1.54, 1.807) is 12.1 Å². The van der Waals surface area contributed by atoms with Gasteiger partial charge in [-0.1, -0.05) is 6.07 Å². The van der Waals surface area contributed by atoms with Crippen molar-refractivity contribution in [2.24, 2.45) is 0 Å². The summed E-state index contributed by atoms with van der Waals surface area (Å²) in [6.45, 7) is 9.90. The van der Waals surface area contributed by atoms with E-state index in [1.807, 2.05) is 20.0 Å². The van der Waals surface area contributed by atoms with Crippen molar-refractivity contribution in [1.29, 1.82) is 0 Å². The van der Waals surface area contributed by atoms with Gasteiger partial charge in [-0.3, -0.25) is 4.90 Å². The lowest BCUT2D eigenvalue weighted by molar-refractivity contribution is -0.0117. The fourth-order valence-electron chi connectivity index (χ4n) is 4.46. The Kier molecular flexibility index (Phi) is 5.41. The molecule has 2 fully saturated rings. The van der Waals surface area contributed by atoms with Gasteiger partial charge in [0.1, 0.15) is 11.6 Å². The van der Waals surface area contributed by atoms with Crippen molar-refractivity contribution >= 4 is 22.4 Å². The smallest absolute Gasteiger partial charge is 0.157 e. The summed E-state index contributed by atoms with van der Waals surface area (Å²) in [4.78, 5) is 9.58. The molecule has 31 heavy (non-hydrogen) atoms. The van der Waals surface area contributed by atoms with Crippen LogP contribution < -0.4 is 10.2 Å². The van der Waals surface area contributed by atoms with E-state index in [1.165, 1.54) is 6.07 Å². The van der Waals surface area contributed by atoms with Crippen LogP contribution in [0.25, 0.3) is 10.8 Å². The predicted octanol–water partition coefficient (Wildman–Crippen LogP) is 2.91. The topological polar surface area (TPSA) is 66.4 Å². The SMILES string of the molecule is Cc1cc(F)ccc1CNc1nnc(C)c2cnc(N3CCN4CCOCC4C3)cc12. The number of fused-ring (bicyclic) bond motifs is 2. The number of aryl methyl sites for hydroxylation is 2. The largest absolute Gasteiger partial charge is 0.378 e. The third kappa shape index (κ3) is 4.05. The lowest BCUT2D eigenvalue weighted by Gasteiger charge is -2.44. The number of halogens is 1. The van der Waals surface area contributed by atoms with Crippen LogP contribution >= 0.6 is 0 Å². The highest BCUT2D eigenvalue weighted by molar-refractivity contribution is 5.94. The summed E-state index contributed by atoms with van der Waals surface area (Å²) in [5.74, 6) is 1.44. The molecule has 4 heterocycles. The zero-order valence-corrected chi connectivity index (χ0v) is 17.9. The van der Waals surface area contributed by atoms with E-state index >= 15 is 0 Å². The Morgan fingerprint density at radius 1 is 1.13 bits per heavy atom. The molecule has 1 N–H and O–H groups in total. The number of nitrogens with zero attached hydrogens (tertiary/aromatic N) is 5. The highest BCUT2D eigenvalue weighted by Gasteiger charge is 2.30. The molecule has 1 atom stereocenters. The van der Waals surface area contributed by atoms with Gasteiger partial charge < -0.3 is 15.0 Å². The molecule has 2 aliphatic rings. The number of anilines is 2. The number of benzene rings is 1. The molecule has 1 unspecified atom stereocenters. The van der Waals surface area contributed by atoms with Crippen LogP contribution in [0.3, 0.4) is 0 Å². The molecule has 162 valence electrons. The molecule has 0 aliphatic carbocycles. The van der Waals surface area contributed by atoms with Crippen molar-refractivity contribution in [3.63, 3.8) is 0 Å². The average Bonchev–Trinajstić information content (AvgIpc) is 2.79. The molecule has 0 amide bonds. The third-order valence-electron chi connectivity index (χ3n) is 6.35.